The molecule has 0 radical (unpaired) electrons. The molecule has 112 valence electrons. The van der Waals surface area contributed by atoms with E-state index in [0.29, 0.717) is 35.7 Å². The number of aryl methyl sites for hydroxylation is 1. The van der Waals surface area contributed by atoms with Gasteiger partial charge in [0.1, 0.15) is 24.3 Å². The minimum atomic E-state index is -0.570. The van der Waals surface area contributed by atoms with Crippen molar-refractivity contribution in [3.8, 4) is 11.5 Å². The molecule has 2 aromatic heterocycles. The average molecular weight is 290 g/mol. The van der Waals surface area contributed by atoms with Crippen molar-refractivity contribution in [3.63, 3.8) is 0 Å². The van der Waals surface area contributed by atoms with Crippen molar-refractivity contribution < 1.29 is 19.0 Å². The molecule has 0 saturated carbocycles. The van der Waals surface area contributed by atoms with Gasteiger partial charge in [-0.25, -0.2) is 9.36 Å². The standard InChI is InChI=1S/C15H18N2O4/c1-9-7-10-12(17(9)14(18)21-15(2,3)4)13-11(8-16-10)19-5-6-20-13/h7-8H,5-6H2,1-4H3. The lowest BCUT2D eigenvalue weighted by Gasteiger charge is -2.22. The Morgan fingerprint density at radius 1 is 1.33 bits per heavy atom. The molecule has 0 spiro atoms. The summed E-state index contributed by atoms with van der Waals surface area (Å²) in [7, 11) is 0. The first-order chi connectivity index (χ1) is 9.87. The molecule has 3 heterocycles. The Labute approximate surface area is 122 Å². The van der Waals surface area contributed by atoms with Crippen LogP contribution in [0.5, 0.6) is 11.5 Å². The SMILES string of the molecule is Cc1cc2ncc3c(c2n1C(=O)OC(C)(C)C)OCCO3. The minimum Gasteiger partial charge on any atom is -0.484 e. The molecule has 0 fully saturated rings. The largest absolute Gasteiger partial charge is 0.484 e. The van der Waals surface area contributed by atoms with Crippen LogP contribution < -0.4 is 9.47 Å². The maximum atomic E-state index is 12.5. The lowest BCUT2D eigenvalue weighted by Crippen LogP contribution is -2.28. The second-order valence-electron chi connectivity index (χ2n) is 5.98. The van der Waals surface area contributed by atoms with E-state index in [4.69, 9.17) is 14.2 Å². The Kier molecular flexibility index (Phi) is 3.04. The molecule has 3 rings (SSSR count). The third kappa shape index (κ3) is 2.41. The van der Waals surface area contributed by atoms with Gasteiger partial charge in [-0.2, -0.15) is 0 Å². The van der Waals surface area contributed by atoms with E-state index in [-0.39, 0.29) is 0 Å². The van der Waals surface area contributed by atoms with E-state index in [1.54, 1.807) is 6.20 Å². The smallest absolute Gasteiger partial charge is 0.419 e. The van der Waals surface area contributed by atoms with E-state index in [9.17, 15) is 4.79 Å². The number of carbonyl (C=O) groups excluding carboxylic acids is 1. The molecule has 6 nitrogen and oxygen atoms in total. The average Bonchev–Trinajstić information content (AvgIpc) is 2.73. The Morgan fingerprint density at radius 2 is 2.05 bits per heavy atom. The molecule has 0 bridgehead atoms. The first-order valence-electron chi connectivity index (χ1n) is 6.87. The van der Waals surface area contributed by atoms with Gasteiger partial charge in [-0.05, 0) is 33.8 Å². The van der Waals surface area contributed by atoms with Crippen molar-refractivity contribution >= 4 is 17.1 Å². The van der Waals surface area contributed by atoms with Gasteiger partial charge in [-0.1, -0.05) is 0 Å². The second kappa shape index (κ2) is 4.65. The van der Waals surface area contributed by atoms with Gasteiger partial charge in [0.2, 0.25) is 0 Å². The summed E-state index contributed by atoms with van der Waals surface area (Å²) in [5.41, 5.74) is 1.45. The van der Waals surface area contributed by atoms with Crippen LogP contribution in [0.3, 0.4) is 0 Å². The summed E-state index contributed by atoms with van der Waals surface area (Å²) < 4.78 is 18.2. The Morgan fingerprint density at radius 3 is 2.76 bits per heavy atom. The van der Waals surface area contributed by atoms with Gasteiger partial charge in [0, 0.05) is 5.69 Å². The number of nitrogens with zero attached hydrogens (tertiary/aromatic N) is 2. The van der Waals surface area contributed by atoms with Crippen LogP contribution in [0.25, 0.3) is 11.0 Å². The number of hydrogen-bond donors (Lipinski definition) is 0. The molecular formula is C15H18N2O4. The first kappa shape index (κ1) is 13.7. The fraction of sp³-hybridized carbons (Fsp3) is 0.467. The Hall–Kier alpha value is -2.24. The van der Waals surface area contributed by atoms with Gasteiger partial charge in [0.15, 0.2) is 11.5 Å². The molecule has 0 saturated heterocycles. The number of aromatic nitrogens is 2. The molecular weight excluding hydrogens is 272 g/mol. The molecule has 0 unspecified atom stereocenters. The zero-order valence-electron chi connectivity index (χ0n) is 12.6. The molecule has 21 heavy (non-hydrogen) atoms. The highest BCUT2D eigenvalue weighted by Gasteiger charge is 2.26. The third-order valence-corrected chi connectivity index (χ3v) is 3.09. The third-order valence-electron chi connectivity index (χ3n) is 3.09. The van der Waals surface area contributed by atoms with Crippen LogP contribution in [0.2, 0.25) is 0 Å². The van der Waals surface area contributed by atoms with Gasteiger partial charge < -0.3 is 14.2 Å². The molecule has 0 amide bonds. The minimum absolute atomic E-state index is 0.445. The van der Waals surface area contributed by atoms with Crippen LogP contribution in [-0.2, 0) is 4.74 Å². The van der Waals surface area contributed by atoms with Gasteiger partial charge in [-0.15, -0.1) is 0 Å². The molecule has 0 N–H and O–H groups in total. The predicted octanol–water partition coefficient (Wildman–Crippen LogP) is 2.90. The summed E-state index contributed by atoms with van der Waals surface area (Å²) in [6, 6.07) is 1.83. The van der Waals surface area contributed by atoms with Crippen molar-refractivity contribution in [1.29, 1.82) is 0 Å². The highest BCUT2D eigenvalue weighted by atomic mass is 16.6. The lowest BCUT2D eigenvalue weighted by atomic mass is 10.2. The van der Waals surface area contributed by atoms with Crippen LogP contribution in [0.1, 0.15) is 26.5 Å². The van der Waals surface area contributed by atoms with Crippen LogP contribution in [-0.4, -0.2) is 34.5 Å². The second-order valence-corrected chi connectivity index (χ2v) is 5.98. The lowest BCUT2D eigenvalue weighted by molar-refractivity contribution is 0.0540. The summed E-state index contributed by atoms with van der Waals surface area (Å²) in [4.78, 5) is 16.8. The highest BCUT2D eigenvalue weighted by Crippen LogP contribution is 2.37. The summed E-state index contributed by atoms with van der Waals surface area (Å²) in [5.74, 6) is 1.10. The maximum absolute atomic E-state index is 12.5. The van der Waals surface area contributed by atoms with Crippen molar-refractivity contribution in [3.05, 3.63) is 18.0 Å². The number of fused-ring (bicyclic) bond motifs is 3. The van der Waals surface area contributed by atoms with Crippen LogP contribution in [0.4, 0.5) is 4.79 Å². The molecule has 0 aliphatic carbocycles. The first-order valence-corrected chi connectivity index (χ1v) is 6.87. The topological polar surface area (TPSA) is 62.6 Å². The molecule has 0 aromatic carbocycles. The van der Waals surface area contributed by atoms with E-state index in [1.807, 2.05) is 33.8 Å². The van der Waals surface area contributed by atoms with Crippen molar-refractivity contribution in [2.24, 2.45) is 0 Å². The highest BCUT2D eigenvalue weighted by molar-refractivity contribution is 5.94. The molecule has 2 aromatic rings. The van der Waals surface area contributed by atoms with Crippen LogP contribution in [0, 0.1) is 6.92 Å². The number of hydrogen-bond acceptors (Lipinski definition) is 5. The Bertz CT molecular complexity index is 713. The van der Waals surface area contributed by atoms with Gasteiger partial charge in [0.25, 0.3) is 0 Å². The summed E-state index contributed by atoms with van der Waals surface area (Å²) in [5, 5.41) is 0. The summed E-state index contributed by atoms with van der Waals surface area (Å²) in [6.45, 7) is 8.26. The van der Waals surface area contributed by atoms with Crippen LogP contribution >= 0.6 is 0 Å². The molecule has 1 aliphatic heterocycles. The van der Waals surface area contributed by atoms with Gasteiger partial charge >= 0.3 is 6.09 Å². The molecule has 0 atom stereocenters. The van der Waals surface area contributed by atoms with Gasteiger partial charge in [0.05, 0.1) is 11.7 Å². The number of ether oxygens (including phenoxy) is 3. The normalized spacial score (nSPS) is 14.3. The zero-order chi connectivity index (χ0) is 15.2. The van der Waals surface area contributed by atoms with E-state index in [1.165, 1.54) is 4.57 Å². The predicted molar refractivity (Wildman–Crippen MR) is 77.1 cm³/mol. The fourth-order valence-electron chi connectivity index (χ4n) is 2.32. The van der Waals surface area contributed by atoms with E-state index >= 15 is 0 Å². The summed E-state index contributed by atoms with van der Waals surface area (Å²) >= 11 is 0. The monoisotopic (exact) mass is 290 g/mol. The van der Waals surface area contributed by atoms with E-state index in [0.717, 1.165) is 5.69 Å². The maximum Gasteiger partial charge on any atom is 0.419 e. The fourth-order valence-corrected chi connectivity index (χ4v) is 2.32. The number of carbonyl (C=O) groups is 1. The van der Waals surface area contributed by atoms with Gasteiger partial charge in [-0.3, -0.25) is 4.98 Å². The van der Waals surface area contributed by atoms with Crippen molar-refractivity contribution in [2.75, 3.05) is 13.2 Å². The van der Waals surface area contributed by atoms with Crippen LogP contribution in [0.15, 0.2) is 12.3 Å². The molecule has 6 heteroatoms. The summed E-state index contributed by atoms with van der Waals surface area (Å²) in [6.07, 6.45) is 1.18. The van der Waals surface area contributed by atoms with Crippen molar-refractivity contribution in [1.82, 2.24) is 9.55 Å². The molecule has 1 aliphatic rings. The van der Waals surface area contributed by atoms with E-state index < -0.39 is 11.7 Å². The quantitative estimate of drug-likeness (QED) is 0.746. The van der Waals surface area contributed by atoms with Crippen molar-refractivity contribution in [2.45, 2.75) is 33.3 Å². The Balaban J connectivity index is 2.17. The number of pyridine rings is 1. The number of rotatable bonds is 0. The van der Waals surface area contributed by atoms with E-state index in [2.05, 4.69) is 4.98 Å². The zero-order valence-corrected chi connectivity index (χ0v) is 12.6.